The number of nitrogens with two attached hydrogens (primary N) is 1. The van der Waals surface area contributed by atoms with Gasteiger partial charge in [-0.1, -0.05) is 21.6 Å². The van der Waals surface area contributed by atoms with Crippen molar-refractivity contribution in [2.75, 3.05) is 31.1 Å². The van der Waals surface area contributed by atoms with Crippen molar-refractivity contribution in [3.05, 3.63) is 0 Å². The van der Waals surface area contributed by atoms with Gasteiger partial charge in [-0.3, -0.25) is 4.79 Å². The van der Waals surface area contributed by atoms with Crippen molar-refractivity contribution < 1.29 is 4.79 Å². The number of nitrogens with zero attached hydrogens (tertiary/aromatic N) is 1. The van der Waals surface area contributed by atoms with E-state index in [1.54, 1.807) is 0 Å². The van der Waals surface area contributed by atoms with Gasteiger partial charge in [0.05, 0.1) is 0 Å². The van der Waals surface area contributed by atoms with Gasteiger partial charge >= 0.3 is 0 Å². The normalized spacial score (nSPS) is 18.9. The maximum Gasteiger partial charge on any atom is 0.223 e. The lowest BCUT2D eigenvalue weighted by Gasteiger charge is -2.18. The smallest absolute Gasteiger partial charge is 0.223 e. The lowest BCUT2D eigenvalue weighted by atomic mass is 10.3. The largest absolute Gasteiger partial charge is 0.341 e. The molecular formula is C7H14N2OS2. The van der Waals surface area contributed by atoms with Crippen molar-refractivity contribution in [2.45, 2.75) is 6.42 Å². The highest BCUT2D eigenvalue weighted by atomic mass is 33.1. The first-order valence-electron chi connectivity index (χ1n) is 4.07. The molecule has 0 saturated carbocycles. The Bertz CT molecular complexity index is 146. The van der Waals surface area contributed by atoms with Crippen LogP contribution >= 0.6 is 21.6 Å². The van der Waals surface area contributed by atoms with E-state index in [2.05, 4.69) is 0 Å². The molecule has 0 aromatic heterocycles. The number of rotatable bonds is 2. The quantitative estimate of drug-likeness (QED) is 0.671. The molecule has 1 saturated heterocycles. The molecule has 0 aromatic rings. The van der Waals surface area contributed by atoms with Crippen LogP contribution in [0, 0.1) is 0 Å². The van der Waals surface area contributed by atoms with Gasteiger partial charge in [0.1, 0.15) is 0 Å². The summed E-state index contributed by atoms with van der Waals surface area (Å²) in [6, 6.07) is 0. The molecule has 1 rings (SSSR count). The van der Waals surface area contributed by atoms with Gasteiger partial charge in [0.2, 0.25) is 5.91 Å². The summed E-state index contributed by atoms with van der Waals surface area (Å²) in [6.07, 6.45) is 0.495. The van der Waals surface area contributed by atoms with Gasteiger partial charge in [0.25, 0.3) is 0 Å². The van der Waals surface area contributed by atoms with Gasteiger partial charge in [-0.05, 0) is 0 Å². The van der Waals surface area contributed by atoms with E-state index in [0.717, 1.165) is 24.6 Å². The predicted molar refractivity (Wildman–Crippen MR) is 55.2 cm³/mol. The Hall–Kier alpha value is 0.130. The molecule has 0 atom stereocenters. The van der Waals surface area contributed by atoms with E-state index in [4.69, 9.17) is 5.73 Å². The van der Waals surface area contributed by atoms with Crippen molar-refractivity contribution in [2.24, 2.45) is 5.73 Å². The molecule has 1 amide bonds. The topological polar surface area (TPSA) is 46.3 Å². The SMILES string of the molecule is NCCC(=O)N1CCSSCC1. The minimum Gasteiger partial charge on any atom is -0.341 e. The van der Waals surface area contributed by atoms with Crippen LogP contribution in [0.5, 0.6) is 0 Å². The first-order chi connectivity index (χ1) is 5.84. The molecule has 1 heterocycles. The van der Waals surface area contributed by atoms with Crippen LogP contribution in [-0.2, 0) is 4.79 Å². The summed E-state index contributed by atoms with van der Waals surface area (Å²) in [7, 11) is 3.69. The zero-order valence-corrected chi connectivity index (χ0v) is 8.62. The fraction of sp³-hybridized carbons (Fsp3) is 0.857. The van der Waals surface area contributed by atoms with Gasteiger partial charge in [-0.25, -0.2) is 0 Å². The molecule has 3 nitrogen and oxygen atoms in total. The Morgan fingerprint density at radius 3 is 2.42 bits per heavy atom. The van der Waals surface area contributed by atoms with Crippen LogP contribution in [0.1, 0.15) is 6.42 Å². The van der Waals surface area contributed by atoms with Crippen molar-refractivity contribution in [1.82, 2.24) is 4.90 Å². The van der Waals surface area contributed by atoms with Gasteiger partial charge in [-0.15, -0.1) is 0 Å². The van der Waals surface area contributed by atoms with Gasteiger partial charge in [0.15, 0.2) is 0 Å². The summed E-state index contributed by atoms with van der Waals surface area (Å²) in [6.45, 7) is 2.24. The fourth-order valence-electron chi connectivity index (χ4n) is 1.06. The number of carbonyl (C=O) groups excluding carboxylic acids is 1. The molecule has 5 heteroatoms. The minimum atomic E-state index is 0.209. The zero-order valence-electron chi connectivity index (χ0n) is 6.99. The Morgan fingerprint density at radius 2 is 1.92 bits per heavy atom. The third-order valence-corrected chi connectivity index (χ3v) is 4.05. The first-order valence-corrected chi connectivity index (χ1v) is 6.55. The molecule has 0 spiro atoms. The summed E-state index contributed by atoms with van der Waals surface area (Å²) in [5.74, 6) is 2.29. The molecule has 2 N–H and O–H groups in total. The monoisotopic (exact) mass is 206 g/mol. The van der Waals surface area contributed by atoms with E-state index in [-0.39, 0.29) is 5.91 Å². The Labute approximate surface area is 80.8 Å². The van der Waals surface area contributed by atoms with Crippen LogP contribution in [0.25, 0.3) is 0 Å². The van der Waals surface area contributed by atoms with Gasteiger partial charge in [0, 0.05) is 37.6 Å². The van der Waals surface area contributed by atoms with Crippen molar-refractivity contribution >= 4 is 27.5 Å². The molecule has 1 aliphatic rings. The molecule has 0 aromatic carbocycles. The van der Waals surface area contributed by atoms with Crippen LogP contribution in [0.4, 0.5) is 0 Å². The summed E-state index contributed by atoms with van der Waals surface area (Å²) >= 11 is 0. The summed E-state index contributed by atoms with van der Waals surface area (Å²) in [4.78, 5) is 13.3. The third kappa shape index (κ3) is 3.25. The van der Waals surface area contributed by atoms with E-state index >= 15 is 0 Å². The van der Waals surface area contributed by atoms with Gasteiger partial charge < -0.3 is 10.6 Å². The minimum absolute atomic E-state index is 0.209. The van der Waals surface area contributed by atoms with Crippen LogP contribution in [-0.4, -0.2) is 41.9 Å². The van der Waals surface area contributed by atoms with E-state index in [1.807, 2.05) is 26.5 Å². The molecule has 0 unspecified atom stereocenters. The van der Waals surface area contributed by atoms with E-state index in [0.29, 0.717) is 13.0 Å². The molecule has 70 valence electrons. The van der Waals surface area contributed by atoms with Crippen molar-refractivity contribution in [1.29, 1.82) is 0 Å². The van der Waals surface area contributed by atoms with E-state index in [1.165, 1.54) is 0 Å². The third-order valence-electron chi connectivity index (χ3n) is 1.68. The van der Waals surface area contributed by atoms with E-state index < -0.39 is 0 Å². The summed E-state index contributed by atoms with van der Waals surface area (Å²) in [5.41, 5.74) is 5.32. The van der Waals surface area contributed by atoms with Crippen molar-refractivity contribution in [3.63, 3.8) is 0 Å². The summed E-state index contributed by atoms with van der Waals surface area (Å²) < 4.78 is 0. The Kier molecular flexibility index (Phi) is 4.87. The van der Waals surface area contributed by atoms with Crippen LogP contribution < -0.4 is 5.73 Å². The molecule has 0 bridgehead atoms. The van der Waals surface area contributed by atoms with E-state index in [9.17, 15) is 4.79 Å². The molecule has 12 heavy (non-hydrogen) atoms. The molecule has 1 aliphatic heterocycles. The van der Waals surface area contributed by atoms with Crippen LogP contribution in [0.3, 0.4) is 0 Å². The van der Waals surface area contributed by atoms with Crippen LogP contribution in [0.2, 0.25) is 0 Å². The average molecular weight is 206 g/mol. The zero-order chi connectivity index (χ0) is 8.81. The number of hydrogen-bond acceptors (Lipinski definition) is 4. The molecule has 1 fully saturated rings. The summed E-state index contributed by atoms with van der Waals surface area (Å²) in [5, 5.41) is 0. The molecule has 0 radical (unpaired) electrons. The second-order valence-electron chi connectivity index (χ2n) is 2.56. The highest BCUT2D eigenvalue weighted by Crippen LogP contribution is 2.23. The highest BCUT2D eigenvalue weighted by molar-refractivity contribution is 8.76. The van der Waals surface area contributed by atoms with Crippen molar-refractivity contribution in [3.8, 4) is 0 Å². The first kappa shape index (κ1) is 10.2. The number of amides is 1. The average Bonchev–Trinajstić information content (AvgIpc) is 2.32. The fourth-order valence-corrected chi connectivity index (χ4v) is 3.04. The standard InChI is InChI=1S/C7H14N2OS2/c8-2-1-7(10)9-3-5-11-12-6-4-9/h1-6,8H2. The highest BCUT2D eigenvalue weighted by Gasteiger charge is 2.14. The lowest BCUT2D eigenvalue weighted by Crippen LogP contribution is -2.34. The Morgan fingerprint density at radius 1 is 1.33 bits per heavy atom. The maximum absolute atomic E-state index is 11.4. The van der Waals surface area contributed by atoms with Gasteiger partial charge in [-0.2, -0.15) is 0 Å². The number of hydrogen-bond donors (Lipinski definition) is 1. The molecule has 0 aliphatic carbocycles. The second kappa shape index (κ2) is 5.72. The maximum atomic E-state index is 11.4. The second-order valence-corrected chi connectivity index (χ2v) is 5.27. The lowest BCUT2D eigenvalue weighted by molar-refractivity contribution is -0.130. The van der Waals surface area contributed by atoms with Crippen LogP contribution in [0.15, 0.2) is 0 Å². The predicted octanol–water partition coefficient (Wildman–Crippen LogP) is 0.559. The molecular weight excluding hydrogens is 192 g/mol. The number of carbonyl (C=O) groups is 1. The Balaban J connectivity index is 2.32.